The van der Waals surface area contributed by atoms with E-state index in [9.17, 15) is 4.79 Å². The van der Waals surface area contributed by atoms with Crippen molar-refractivity contribution >= 4 is 53.1 Å². The Morgan fingerprint density at radius 1 is 1.23 bits per heavy atom. The van der Waals surface area contributed by atoms with Gasteiger partial charge in [-0.1, -0.05) is 23.7 Å². The average molecular weight is 489 g/mol. The number of hydrogen-bond donors (Lipinski definition) is 3. The number of halogens is 2. The zero-order chi connectivity index (χ0) is 18.2. The zero-order valence-corrected chi connectivity index (χ0v) is 17.7. The van der Waals surface area contributed by atoms with E-state index in [1.54, 1.807) is 37.4 Å². The summed E-state index contributed by atoms with van der Waals surface area (Å²) in [7, 11) is 1.56. The topological polar surface area (TPSA) is 88.7 Å². The molecule has 0 fully saturated rings. The van der Waals surface area contributed by atoms with Gasteiger partial charge in [-0.05, 0) is 42.8 Å². The second-order valence-electron chi connectivity index (χ2n) is 5.23. The quantitative estimate of drug-likeness (QED) is 0.329. The first-order valence-corrected chi connectivity index (χ1v) is 8.19. The summed E-state index contributed by atoms with van der Waals surface area (Å²) < 4.78 is 5.10. The fraction of sp³-hybridized carbons (Fsp3) is 0.222. The third-order valence-corrected chi connectivity index (χ3v) is 3.71. The Morgan fingerprint density at radius 3 is 2.50 bits per heavy atom. The lowest BCUT2D eigenvalue weighted by molar-refractivity contribution is 0.0956. The maximum absolute atomic E-state index is 11.7. The molecular weight excluding hydrogens is 467 g/mol. The van der Waals surface area contributed by atoms with Gasteiger partial charge >= 0.3 is 0 Å². The van der Waals surface area contributed by atoms with E-state index in [0.29, 0.717) is 29.4 Å². The zero-order valence-electron chi connectivity index (χ0n) is 14.6. The Labute approximate surface area is 175 Å². The molecule has 0 unspecified atom stereocenters. The molecule has 0 heterocycles. The van der Waals surface area contributed by atoms with E-state index in [2.05, 4.69) is 15.6 Å². The number of nitrogens with one attached hydrogen (secondary N) is 2. The Bertz CT molecular complexity index is 766. The van der Waals surface area contributed by atoms with Crippen LogP contribution >= 0.6 is 35.6 Å². The van der Waals surface area contributed by atoms with Crippen molar-refractivity contribution < 1.29 is 9.53 Å². The molecule has 2 rings (SSSR count). The number of nitrogens with zero attached hydrogens (tertiary/aromatic N) is 1. The van der Waals surface area contributed by atoms with Crippen LogP contribution in [0.25, 0.3) is 0 Å². The monoisotopic (exact) mass is 488 g/mol. The molecule has 1 amide bonds. The summed E-state index contributed by atoms with van der Waals surface area (Å²) in [6.07, 6.45) is 0. The minimum absolute atomic E-state index is 0. The number of hydrogen-bond acceptors (Lipinski definition) is 3. The van der Waals surface area contributed by atoms with Gasteiger partial charge in [-0.15, -0.1) is 24.0 Å². The number of guanidine groups is 1. The second-order valence-corrected chi connectivity index (χ2v) is 5.64. The second kappa shape index (κ2) is 10.9. The first kappa shape index (κ1) is 22.0. The van der Waals surface area contributed by atoms with Gasteiger partial charge in [0.1, 0.15) is 5.75 Å². The molecule has 2 aromatic carbocycles. The lowest BCUT2D eigenvalue weighted by Crippen LogP contribution is -2.23. The molecule has 0 atom stereocenters. The highest BCUT2D eigenvalue weighted by Crippen LogP contribution is 2.27. The third kappa shape index (κ3) is 6.38. The summed E-state index contributed by atoms with van der Waals surface area (Å²) in [5, 5.41) is 6.22. The minimum Gasteiger partial charge on any atom is -0.495 e. The molecule has 0 bridgehead atoms. The molecule has 0 saturated heterocycles. The van der Waals surface area contributed by atoms with Crippen LogP contribution < -0.4 is 21.1 Å². The van der Waals surface area contributed by atoms with Gasteiger partial charge in [0.25, 0.3) is 5.91 Å². The molecule has 8 heteroatoms. The maximum atomic E-state index is 11.7. The number of aliphatic imine (C=N–C) groups is 1. The first-order valence-electron chi connectivity index (χ1n) is 7.81. The molecule has 0 aliphatic carbocycles. The van der Waals surface area contributed by atoms with Gasteiger partial charge in [-0.2, -0.15) is 0 Å². The van der Waals surface area contributed by atoms with Crippen molar-refractivity contribution in [1.29, 1.82) is 0 Å². The highest BCUT2D eigenvalue weighted by atomic mass is 127. The van der Waals surface area contributed by atoms with Gasteiger partial charge < -0.3 is 21.1 Å². The van der Waals surface area contributed by atoms with Crippen LogP contribution in [-0.2, 0) is 6.54 Å². The van der Waals surface area contributed by atoms with Crippen LogP contribution in [0, 0.1) is 0 Å². The summed E-state index contributed by atoms with van der Waals surface area (Å²) in [6.45, 7) is 2.88. The van der Waals surface area contributed by atoms with E-state index in [0.717, 1.165) is 11.3 Å². The van der Waals surface area contributed by atoms with Gasteiger partial charge in [0.2, 0.25) is 0 Å². The highest BCUT2D eigenvalue weighted by Gasteiger charge is 2.04. The molecule has 140 valence electrons. The summed E-state index contributed by atoms with van der Waals surface area (Å²) in [6, 6.07) is 12.5. The molecule has 0 spiro atoms. The standard InChI is InChI=1S/C18H21ClN4O2.HI/c1-3-21-17(24)13-6-4-12(5-7-13)11-22-18(20)23-14-8-9-16(25-2)15(19)10-14;/h4-10H,3,11H2,1-2H3,(H,21,24)(H3,20,22,23);1H. The van der Waals surface area contributed by atoms with E-state index in [-0.39, 0.29) is 35.8 Å². The van der Waals surface area contributed by atoms with Crippen molar-refractivity contribution in [3.63, 3.8) is 0 Å². The van der Waals surface area contributed by atoms with Crippen molar-refractivity contribution in [1.82, 2.24) is 5.32 Å². The van der Waals surface area contributed by atoms with Crippen LogP contribution in [0.3, 0.4) is 0 Å². The highest BCUT2D eigenvalue weighted by molar-refractivity contribution is 14.0. The van der Waals surface area contributed by atoms with Crippen molar-refractivity contribution in [2.75, 3.05) is 19.0 Å². The number of methoxy groups -OCH3 is 1. The lowest BCUT2D eigenvalue weighted by Gasteiger charge is -2.08. The third-order valence-electron chi connectivity index (χ3n) is 3.41. The fourth-order valence-electron chi connectivity index (χ4n) is 2.13. The Balaban J connectivity index is 0.00000338. The van der Waals surface area contributed by atoms with E-state index < -0.39 is 0 Å². The minimum atomic E-state index is -0.0879. The van der Waals surface area contributed by atoms with Crippen LogP contribution in [0.2, 0.25) is 5.02 Å². The van der Waals surface area contributed by atoms with Crippen LogP contribution in [-0.4, -0.2) is 25.5 Å². The van der Waals surface area contributed by atoms with Crippen LogP contribution in [0.15, 0.2) is 47.5 Å². The van der Waals surface area contributed by atoms with Crippen LogP contribution in [0.1, 0.15) is 22.8 Å². The van der Waals surface area contributed by atoms with E-state index in [1.165, 1.54) is 0 Å². The summed E-state index contributed by atoms with van der Waals surface area (Å²) in [4.78, 5) is 16.0. The van der Waals surface area contributed by atoms with Crippen LogP contribution in [0.4, 0.5) is 5.69 Å². The molecule has 4 N–H and O–H groups in total. The molecule has 6 nitrogen and oxygen atoms in total. The number of ether oxygens (including phenoxy) is 1. The molecule has 0 aromatic heterocycles. The summed E-state index contributed by atoms with van der Waals surface area (Å²) >= 11 is 6.07. The molecule has 26 heavy (non-hydrogen) atoms. The Morgan fingerprint density at radius 2 is 1.92 bits per heavy atom. The predicted octanol–water partition coefficient (Wildman–Crippen LogP) is 3.64. The van der Waals surface area contributed by atoms with E-state index in [4.69, 9.17) is 22.1 Å². The van der Waals surface area contributed by atoms with Gasteiger partial charge in [0.15, 0.2) is 5.96 Å². The van der Waals surface area contributed by atoms with Gasteiger partial charge in [0, 0.05) is 17.8 Å². The van der Waals surface area contributed by atoms with Gasteiger partial charge in [-0.3, -0.25) is 4.79 Å². The van der Waals surface area contributed by atoms with E-state index in [1.807, 2.05) is 19.1 Å². The molecule has 2 aromatic rings. The number of benzene rings is 2. The maximum Gasteiger partial charge on any atom is 0.251 e. The largest absolute Gasteiger partial charge is 0.495 e. The number of rotatable bonds is 6. The number of carbonyl (C=O) groups is 1. The van der Waals surface area contributed by atoms with Crippen molar-refractivity contribution in [2.45, 2.75) is 13.5 Å². The van der Waals surface area contributed by atoms with Crippen LogP contribution in [0.5, 0.6) is 5.75 Å². The fourth-order valence-corrected chi connectivity index (χ4v) is 2.39. The number of amides is 1. The normalized spacial score (nSPS) is 10.7. The summed E-state index contributed by atoms with van der Waals surface area (Å²) in [5.41, 5.74) is 8.18. The Hall–Kier alpha value is -2.00. The van der Waals surface area contributed by atoms with Crippen molar-refractivity contribution in [2.24, 2.45) is 10.7 Å². The van der Waals surface area contributed by atoms with E-state index >= 15 is 0 Å². The first-order chi connectivity index (χ1) is 12.0. The van der Waals surface area contributed by atoms with Crippen molar-refractivity contribution in [3.05, 3.63) is 58.6 Å². The summed E-state index contributed by atoms with van der Waals surface area (Å²) in [5.74, 6) is 0.777. The Kier molecular flexibility index (Phi) is 9.22. The molecule has 0 aliphatic rings. The van der Waals surface area contributed by atoms with Gasteiger partial charge in [0.05, 0.1) is 18.7 Å². The molecular formula is C18H22ClIN4O2. The average Bonchev–Trinajstić information content (AvgIpc) is 2.61. The van der Waals surface area contributed by atoms with Gasteiger partial charge in [-0.25, -0.2) is 4.99 Å². The number of anilines is 1. The predicted molar refractivity (Wildman–Crippen MR) is 117 cm³/mol. The number of carbonyl (C=O) groups excluding carboxylic acids is 1. The van der Waals surface area contributed by atoms with Crippen molar-refractivity contribution in [3.8, 4) is 5.75 Å². The molecule has 0 radical (unpaired) electrons. The molecule has 0 aliphatic heterocycles. The molecule has 0 saturated carbocycles. The number of nitrogens with two attached hydrogens (primary N) is 1. The SMILES string of the molecule is CCNC(=O)c1ccc(CN=C(N)Nc2ccc(OC)c(Cl)c2)cc1.I. The lowest BCUT2D eigenvalue weighted by atomic mass is 10.1. The smallest absolute Gasteiger partial charge is 0.251 e.